The van der Waals surface area contributed by atoms with E-state index in [9.17, 15) is 14.0 Å². The summed E-state index contributed by atoms with van der Waals surface area (Å²) in [5.41, 5.74) is 2.78. The molecule has 0 bridgehead atoms. The maximum absolute atomic E-state index is 13.0. The van der Waals surface area contributed by atoms with Gasteiger partial charge in [-0.25, -0.2) is 8.96 Å². The molecule has 0 aliphatic heterocycles. The summed E-state index contributed by atoms with van der Waals surface area (Å²) in [6.07, 6.45) is 0.453. The molecule has 3 aromatic rings. The van der Waals surface area contributed by atoms with Crippen LogP contribution in [0.3, 0.4) is 0 Å². The highest BCUT2D eigenvalue weighted by molar-refractivity contribution is 5.97. The van der Waals surface area contributed by atoms with Crippen LogP contribution in [-0.4, -0.2) is 11.6 Å². The monoisotopic (exact) mass is 475 g/mol. The van der Waals surface area contributed by atoms with E-state index in [-0.39, 0.29) is 54.2 Å². The van der Waals surface area contributed by atoms with Crippen molar-refractivity contribution in [3.8, 4) is 0 Å². The standard InChI is InChI=1S/C22H19FNO2.HI/c1-24-19(14-21(25)16-6-3-2-4-7-16)8-5-9-20(24)15-22(26)17-10-12-18(23)13-11-17;/h2-13H,14-15H2,1H3;1H/q+1;/p-1. The number of nitrogens with zero attached hydrogens (tertiary/aromatic N) is 1. The van der Waals surface area contributed by atoms with Gasteiger partial charge in [-0.05, 0) is 30.3 Å². The lowest BCUT2D eigenvalue weighted by molar-refractivity contribution is -0.685. The lowest BCUT2D eigenvalue weighted by atomic mass is 10.0. The van der Waals surface area contributed by atoms with Gasteiger partial charge in [0.25, 0.3) is 0 Å². The largest absolute Gasteiger partial charge is 1.00 e. The summed E-state index contributed by atoms with van der Waals surface area (Å²) in [4.78, 5) is 24.9. The van der Waals surface area contributed by atoms with Gasteiger partial charge in [0.2, 0.25) is 0 Å². The second-order valence-corrected chi connectivity index (χ2v) is 6.14. The van der Waals surface area contributed by atoms with Gasteiger partial charge >= 0.3 is 0 Å². The number of benzene rings is 2. The topological polar surface area (TPSA) is 38.0 Å². The van der Waals surface area contributed by atoms with Crippen molar-refractivity contribution >= 4 is 11.6 Å². The van der Waals surface area contributed by atoms with Crippen molar-refractivity contribution in [3.05, 3.63) is 101 Å². The molecule has 0 saturated carbocycles. The van der Waals surface area contributed by atoms with E-state index in [0.717, 1.165) is 11.4 Å². The molecule has 1 aromatic heterocycles. The second-order valence-electron chi connectivity index (χ2n) is 6.14. The van der Waals surface area contributed by atoms with Crippen molar-refractivity contribution < 1.29 is 42.5 Å². The maximum atomic E-state index is 13.0. The first-order valence-corrected chi connectivity index (χ1v) is 8.38. The minimum absolute atomic E-state index is 0. The van der Waals surface area contributed by atoms with Gasteiger partial charge < -0.3 is 24.0 Å². The van der Waals surface area contributed by atoms with Gasteiger partial charge in [0.05, 0.1) is 12.8 Å². The number of carbonyl (C=O) groups excluding carboxylic acids is 2. The molecule has 5 heteroatoms. The van der Waals surface area contributed by atoms with Crippen molar-refractivity contribution in [2.45, 2.75) is 12.8 Å². The molecule has 2 aromatic carbocycles. The third kappa shape index (κ3) is 5.29. The van der Waals surface area contributed by atoms with E-state index in [0.29, 0.717) is 11.1 Å². The van der Waals surface area contributed by atoms with Gasteiger partial charge in [0, 0.05) is 23.3 Å². The van der Waals surface area contributed by atoms with Gasteiger partial charge in [0.15, 0.2) is 23.0 Å². The first kappa shape index (κ1) is 20.9. The van der Waals surface area contributed by atoms with Crippen molar-refractivity contribution in [1.29, 1.82) is 0 Å². The predicted molar refractivity (Wildman–Crippen MR) is 96.5 cm³/mol. The van der Waals surface area contributed by atoms with Crippen LogP contribution < -0.4 is 28.5 Å². The van der Waals surface area contributed by atoms with Crippen molar-refractivity contribution in [2.75, 3.05) is 0 Å². The van der Waals surface area contributed by atoms with Crippen LogP contribution in [0.5, 0.6) is 0 Å². The van der Waals surface area contributed by atoms with E-state index in [2.05, 4.69) is 0 Å². The summed E-state index contributed by atoms with van der Waals surface area (Å²) in [6, 6.07) is 20.3. The highest BCUT2D eigenvalue weighted by Crippen LogP contribution is 2.09. The zero-order chi connectivity index (χ0) is 18.5. The summed E-state index contributed by atoms with van der Waals surface area (Å²) in [6.45, 7) is 0. The van der Waals surface area contributed by atoms with Gasteiger partial charge in [0.1, 0.15) is 12.9 Å². The molecule has 0 unspecified atom stereocenters. The summed E-state index contributed by atoms with van der Waals surface area (Å²) in [7, 11) is 1.85. The van der Waals surface area contributed by atoms with Gasteiger partial charge in [-0.3, -0.25) is 9.59 Å². The molecular formula is C22H19FINO2. The molecule has 0 spiro atoms. The Labute approximate surface area is 174 Å². The zero-order valence-corrected chi connectivity index (χ0v) is 17.0. The minimum atomic E-state index is -0.367. The fraction of sp³-hybridized carbons (Fsp3) is 0.136. The lowest BCUT2D eigenvalue weighted by Crippen LogP contribution is -3.00. The summed E-state index contributed by atoms with van der Waals surface area (Å²) in [5.74, 6) is -0.427. The molecule has 27 heavy (non-hydrogen) atoms. The number of hydrogen-bond donors (Lipinski definition) is 0. The minimum Gasteiger partial charge on any atom is -1.00 e. The van der Waals surface area contributed by atoms with Crippen LogP contribution in [0.2, 0.25) is 0 Å². The molecule has 0 atom stereocenters. The second kappa shape index (κ2) is 9.50. The number of hydrogen-bond acceptors (Lipinski definition) is 2. The molecule has 3 nitrogen and oxygen atoms in total. The Morgan fingerprint density at radius 2 is 1.22 bits per heavy atom. The normalized spacial score (nSPS) is 10.1. The lowest BCUT2D eigenvalue weighted by Gasteiger charge is -2.05. The molecule has 0 N–H and O–H groups in total. The SMILES string of the molecule is C[n+]1c(CC(=O)c2ccccc2)cccc1CC(=O)c1ccc(F)cc1.[I-]. The maximum Gasteiger partial charge on any atom is 0.189 e. The fourth-order valence-corrected chi connectivity index (χ4v) is 2.83. The Bertz CT molecular complexity index is 940. The number of aromatic nitrogens is 1. The molecule has 1 heterocycles. The predicted octanol–water partition coefficient (Wildman–Crippen LogP) is 0.505. The first-order valence-electron chi connectivity index (χ1n) is 8.38. The zero-order valence-electron chi connectivity index (χ0n) is 14.9. The fourth-order valence-electron chi connectivity index (χ4n) is 2.83. The smallest absolute Gasteiger partial charge is 0.189 e. The van der Waals surface area contributed by atoms with Crippen LogP contribution in [0, 0.1) is 5.82 Å². The van der Waals surface area contributed by atoms with Crippen LogP contribution in [0.4, 0.5) is 4.39 Å². The van der Waals surface area contributed by atoms with Gasteiger partial charge in [-0.1, -0.05) is 30.3 Å². The number of halogens is 2. The van der Waals surface area contributed by atoms with Crippen LogP contribution >= 0.6 is 0 Å². The van der Waals surface area contributed by atoms with E-state index in [4.69, 9.17) is 0 Å². The summed E-state index contributed by atoms with van der Waals surface area (Å²) >= 11 is 0. The molecule has 0 radical (unpaired) electrons. The quantitative estimate of drug-likeness (QED) is 0.296. The van der Waals surface area contributed by atoms with E-state index >= 15 is 0 Å². The van der Waals surface area contributed by atoms with Gasteiger partial charge in [-0.15, -0.1) is 0 Å². The van der Waals surface area contributed by atoms with Crippen molar-refractivity contribution in [1.82, 2.24) is 0 Å². The Morgan fingerprint density at radius 1 is 0.741 bits per heavy atom. The highest BCUT2D eigenvalue weighted by atomic mass is 127. The Balaban J connectivity index is 0.00000261. The molecular weight excluding hydrogens is 456 g/mol. The molecule has 0 aliphatic rings. The van der Waals surface area contributed by atoms with Crippen molar-refractivity contribution in [2.24, 2.45) is 7.05 Å². The number of rotatable bonds is 6. The third-order valence-corrected chi connectivity index (χ3v) is 4.38. The van der Waals surface area contributed by atoms with Crippen LogP contribution in [0.15, 0.2) is 72.8 Å². The summed E-state index contributed by atoms with van der Waals surface area (Å²) in [5, 5.41) is 0. The molecule has 3 rings (SSSR count). The van der Waals surface area contributed by atoms with Crippen LogP contribution in [-0.2, 0) is 19.9 Å². The molecule has 0 amide bonds. The van der Waals surface area contributed by atoms with Crippen LogP contribution in [0.1, 0.15) is 32.1 Å². The molecule has 0 fully saturated rings. The van der Waals surface area contributed by atoms with E-state index in [1.165, 1.54) is 24.3 Å². The van der Waals surface area contributed by atoms with Gasteiger partial charge in [-0.2, -0.15) is 0 Å². The Hall–Kier alpha value is -2.41. The number of Topliss-reactive ketones (excluding diaryl/α,β-unsaturated/α-hetero) is 2. The Morgan fingerprint density at radius 3 is 1.74 bits per heavy atom. The number of carbonyl (C=O) groups is 2. The van der Waals surface area contributed by atoms with E-state index in [1.807, 2.05) is 48.0 Å². The third-order valence-electron chi connectivity index (χ3n) is 4.38. The molecule has 138 valence electrons. The Kier molecular flexibility index (Phi) is 7.36. The number of ketones is 2. The van der Waals surface area contributed by atoms with E-state index < -0.39 is 0 Å². The van der Waals surface area contributed by atoms with Crippen molar-refractivity contribution in [3.63, 3.8) is 0 Å². The molecule has 0 saturated heterocycles. The summed E-state index contributed by atoms with van der Waals surface area (Å²) < 4.78 is 14.9. The van der Waals surface area contributed by atoms with E-state index in [1.54, 1.807) is 12.1 Å². The number of pyridine rings is 1. The average molecular weight is 475 g/mol. The van der Waals surface area contributed by atoms with Crippen LogP contribution in [0.25, 0.3) is 0 Å². The average Bonchev–Trinajstić information content (AvgIpc) is 2.66. The first-order chi connectivity index (χ1) is 12.5. The molecule has 0 aliphatic carbocycles. The highest BCUT2D eigenvalue weighted by Gasteiger charge is 2.19.